The van der Waals surface area contributed by atoms with E-state index in [9.17, 15) is 10.2 Å². The fourth-order valence-corrected chi connectivity index (χ4v) is 3.36. The van der Waals surface area contributed by atoms with Gasteiger partial charge in [-0.05, 0) is 28.7 Å². The summed E-state index contributed by atoms with van der Waals surface area (Å²) < 4.78 is 0. The number of aliphatic hydroxyl groups excluding tert-OH is 4. The van der Waals surface area contributed by atoms with E-state index in [0.29, 0.717) is 12.8 Å². The predicted octanol–water partition coefficient (Wildman–Crippen LogP) is 2.02. The van der Waals surface area contributed by atoms with Crippen molar-refractivity contribution in [3.8, 4) is 0 Å². The number of aliphatic hydroxyl groups is 4. The standard InChI is InChI=1S/C21H28O4/c1-2-19(20-9-5-3-7-15(20)11-17(24)13-22)21-10-6-4-8-16(21)12-18(25)14-23/h3-10,17-19,22-25H,2,11-14H2,1H3. The van der Waals surface area contributed by atoms with Crippen molar-refractivity contribution in [2.75, 3.05) is 13.2 Å². The Morgan fingerprint density at radius 3 is 1.48 bits per heavy atom. The van der Waals surface area contributed by atoms with Crippen LogP contribution in [0, 0.1) is 0 Å². The molecule has 0 bridgehead atoms. The van der Waals surface area contributed by atoms with Gasteiger partial charge in [-0.2, -0.15) is 0 Å². The Hall–Kier alpha value is -1.72. The van der Waals surface area contributed by atoms with Crippen LogP contribution in [-0.4, -0.2) is 45.8 Å². The molecular formula is C21H28O4. The molecule has 2 atom stereocenters. The molecule has 0 saturated heterocycles. The molecule has 4 nitrogen and oxygen atoms in total. The lowest BCUT2D eigenvalue weighted by Crippen LogP contribution is -2.19. The molecule has 0 aliphatic heterocycles. The highest BCUT2D eigenvalue weighted by Crippen LogP contribution is 2.33. The minimum atomic E-state index is -0.773. The molecule has 0 radical (unpaired) electrons. The topological polar surface area (TPSA) is 80.9 Å². The van der Waals surface area contributed by atoms with Crippen molar-refractivity contribution < 1.29 is 20.4 Å². The van der Waals surface area contributed by atoms with Crippen LogP contribution in [0.5, 0.6) is 0 Å². The predicted molar refractivity (Wildman–Crippen MR) is 98.6 cm³/mol. The van der Waals surface area contributed by atoms with Crippen molar-refractivity contribution in [3.05, 3.63) is 70.8 Å². The zero-order chi connectivity index (χ0) is 18.2. The van der Waals surface area contributed by atoms with E-state index in [-0.39, 0.29) is 19.1 Å². The summed E-state index contributed by atoms with van der Waals surface area (Å²) in [5.74, 6) is 0.129. The molecule has 4 N–H and O–H groups in total. The smallest absolute Gasteiger partial charge is 0.0811 e. The SMILES string of the molecule is CCC(c1ccccc1CC(O)CO)c1ccccc1CC(O)CO. The third-order valence-electron chi connectivity index (χ3n) is 4.60. The van der Waals surface area contributed by atoms with E-state index in [0.717, 1.165) is 28.7 Å². The van der Waals surface area contributed by atoms with Crippen molar-refractivity contribution >= 4 is 0 Å². The quantitative estimate of drug-likeness (QED) is 0.561. The van der Waals surface area contributed by atoms with Crippen LogP contribution in [-0.2, 0) is 12.8 Å². The highest BCUT2D eigenvalue weighted by atomic mass is 16.3. The second-order valence-corrected chi connectivity index (χ2v) is 6.44. The maximum atomic E-state index is 9.86. The van der Waals surface area contributed by atoms with Gasteiger partial charge in [0.05, 0.1) is 25.4 Å². The first-order valence-electron chi connectivity index (χ1n) is 8.84. The molecule has 0 aromatic heterocycles. The van der Waals surface area contributed by atoms with Gasteiger partial charge in [0.1, 0.15) is 0 Å². The largest absolute Gasteiger partial charge is 0.394 e. The van der Waals surface area contributed by atoms with Crippen LogP contribution in [0.3, 0.4) is 0 Å². The van der Waals surface area contributed by atoms with Gasteiger partial charge in [-0.25, -0.2) is 0 Å². The molecule has 136 valence electrons. The van der Waals surface area contributed by atoms with Crippen LogP contribution in [0.4, 0.5) is 0 Å². The van der Waals surface area contributed by atoms with Crippen molar-refractivity contribution in [3.63, 3.8) is 0 Å². The molecule has 0 aliphatic rings. The summed E-state index contributed by atoms with van der Waals surface area (Å²) in [5, 5.41) is 38.0. The third-order valence-corrected chi connectivity index (χ3v) is 4.60. The molecule has 2 unspecified atom stereocenters. The minimum Gasteiger partial charge on any atom is -0.394 e. The molecule has 2 aromatic carbocycles. The Labute approximate surface area is 149 Å². The van der Waals surface area contributed by atoms with Gasteiger partial charge in [0, 0.05) is 18.8 Å². The molecule has 25 heavy (non-hydrogen) atoms. The number of rotatable bonds is 9. The number of hydrogen-bond acceptors (Lipinski definition) is 4. The molecule has 0 spiro atoms. The van der Waals surface area contributed by atoms with E-state index in [1.165, 1.54) is 0 Å². The first-order valence-corrected chi connectivity index (χ1v) is 8.84. The van der Waals surface area contributed by atoms with E-state index >= 15 is 0 Å². The first-order chi connectivity index (χ1) is 12.1. The van der Waals surface area contributed by atoms with Crippen LogP contribution in [0.15, 0.2) is 48.5 Å². The van der Waals surface area contributed by atoms with Crippen LogP contribution in [0.2, 0.25) is 0 Å². The highest BCUT2D eigenvalue weighted by molar-refractivity contribution is 5.42. The molecule has 4 heteroatoms. The fourth-order valence-electron chi connectivity index (χ4n) is 3.36. The summed E-state index contributed by atoms with van der Waals surface area (Å²) in [7, 11) is 0. The highest BCUT2D eigenvalue weighted by Gasteiger charge is 2.20. The molecule has 0 heterocycles. The average Bonchev–Trinajstić information content (AvgIpc) is 2.64. The molecule has 0 aliphatic carbocycles. The monoisotopic (exact) mass is 344 g/mol. The zero-order valence-corrected chi connectivity index (χ0v) is 14.7. The van der Waals surface area contributed by atoms with Gasteiger partial charge in [-0.1, -0.05) is 55.5 Å². The maximum Gasteiger partial charge on any atom is 0.0811 e. The minimum absolute atomic E-state index is 0.129. The van der Waals surface area contributed by atoms with E-state index < -0.39 is 12.2 Å². The Kier molecular flexibility index (Phi) is 7.59. The van der Waals surface area contributed by atoms with Crippen molar-refractivity contribution in [2.45, 2.75) is 44.3 Å². The summed E-state index contributed by atoms with van der Waals surface area (Å²) >= 11 is 0. The lowest BCUT2D eigenvalue weighted by atomic mass is 9.82. The van der Waals surface area contributed by atoms with E-state index in [1.54, 1.807) is 0 Å². The maximum absolute atomic E-state index is 9.86. The Morgan fingerprint density at radius 1 is 0.720 bits per heavy atom. The third kappa shape index (κ3) is 5.13. The zero-order valence-electron chi connectivity index (χ0n) is 14.7. The molecule has 2 rings (SSSR count). The van der Waals surface area contributed by atoms with Crippen LogP contribution in [0.1, 0.15) is 41.5 Å². The van der Waals surface area contributed by atoms with Crippen LogP contribution >= 0.6 is 0 Å². The molecule has 0 fully saturated rings. The summed E-state index contributed by atoms with van der Waals surface area (Å²) in [5.41, 5.74) is 4.30. The lowest BCUT2D eigenvalue weighted by molar-refractivity contribution is 0.0951. The van der Waals surface area contributed by atoms with E-state index in [4.69, 9.17) is 10.2 Å². The van der Waals surface area contributed by atoms with Gasteiger partial charge in [-0.3, -0.25) is 0 Å². The van der Waals surface area contributed by atoms with Gasteiger partial charge in [0.15, 0.2) is 0 Å². The number of benzene rings is 2. The summed E-state index contributed by atoms with van der Waals surface area (Å²) in [6, 6.07) is 16.0. The second kappa shape index (κ2) is 9.68. The van der Waals surface area contributed by atoms with E-state index in [1.807, 2.05) is 36.4 Å². The lowest BCUT2D eigenvalue weighted by Gasteiger charge is -2.24. The van der Waals surface area contributed by atoms with E-state index in [2.05, 4.69) is 19.1 Å². The van der Waals surface area contributed by atoms with Gasteiger partial charge < -0.3 is 20.4 Å². The number of hydrogen-bond donors (Lipinski definition) is 4. The molecular weight excluding hydrogens is 316 g/mol. The van der Waals surface area contributed by atoms with Gasteiger partial charge in [0.2, 0.25) is 0 Å². The van der Waals surface area contributed by atoms with Crippen LogP contribution < -0.4 is 0 Å². The molecule has 0 amide bonds. The van der Waals surface area contributed by atoms with Gasteiger partial charge in [0.25, 0.3) is 0 Å². The molecule has 2 aromatic rings. The van der Waals surface area contributed by atoms with Crippen molar-refractivity contribution in [2.24, 2.45) is 0 Å². The fraction of sp³-hybridized carbons (Fsp3) is 0.429. The Balaban J connectivity index is 2.41. The Morgan fingerprint density at radius 2 is 1.12 bits per heavy atom. The first kappa shape index (κ1) is 19.6. The second-order valence-electron chi connectivity index (χ2n) is 6.44. The normalized spacial score (nSPS) is 14.9. The van der Waals surface area contributed by atoms with Crippen LogP contribution in [0.25, 0.3) is 0 Å². The van der Waals surface area contributed by atoms with Gasteiger partial charge in [-0.15, -0.1) is 0 Å². The molecule has 0 saturated carbocycles. The summed E-state index contributed by atoms with van der Waals surface area (Å²) in [6.07, 6.45) is 0.142. The summed E-state index contributed by atoms with van der Waals surface area (Å²) in [4.78, 5) is 0. The Bertz CT molecular complexity index is 600. The van der Waals surface area contributed by atoms with Crippen molar-refractivity contribution in [1.82, 2.24) is 0 Å². The van der Waals surface area contributed by atoms with Crippen molar-refractivity contribution in [1.29, 1.82) is 0 Å². The van der Waals surface area contributed by atoms with Gasteiger partial charge >= 0.3 is 0 Å². The summed E-state index contributed by atoms with van der Waals surface area (Å²) in [6.45, 7) is 1.60. The average molecular weight is 344 g/mol.